The maximum absolute atomic E-state index is 10.4. The second kappa shape index (κ2) is 8.44. The van der Waals surface area contributed by atoms with Crippen molar-refractivity contribution in [2.75, 3.05) is 27.3 Å². The maximum atomic E-state index is 10.4. The Balaban J connectivity index is 1.74. The van der Waals surface area contributed by atoms with E-state index >= 15 is 0 Å². The molecule has 5 nitrogen and oxygen atoms in total. The molecule has 1 aliphatic heterocycles. The zero-order chi connectivity index (χ0) is 18.7. The summed E-state index contributed by atoms with van der Waals surface area (Å²) in [7, 11) is 3.09. The van der Waals surface area contributed by atoms with Crippen LogP contribution < -0.4 is 9.47 Å². The van der Waals surface area contributed by atoms with Gasteiger partial charge in [0.25, 0.3) is 0 Å². The van der Waals surface area contributed by atoms with Crippen LogP contribution in [0.15, 0.2) is 30.5 Å². The molecule has 1 fully saturated rings. The number of ether oxygens (including phenoxy) is 2. The van der Waals surface area contributed by atoms with Crippen molar-refractivity contribution >= 4 is 23.2 Å². The highest BCUT2D eigenvalue weighted by Crippen LogP contribution is 2.42. The largest absolute Gasteiger partial charge is 0.493 e. The first-order chi connectivity index (χ1) is 12.5. The van der Waals surface area contributed by atoms with Gasteiger partial charge in [-0.25, -0.2) is 0 Å². The molecule has 2 aromatic rings. The number of hydrogen-bond donors (Lipinski definition) is 1. The Hall–Kier alpha value is -1.53. The molecule has 1 aromatic carbocycles. The molecule has 2 atom stereocenters. The molecule has 2 heterocycles. The van der Waals surface area contributed by atoms with Crippen molar-refractivity contribution in [3.63, 3.8) is 0 Å². The average molecular weight is 397 g/mol. The number of hydrogen-bond acceptors (Lipinski definition) is 5. The molecule has 7 heteroatoms. The summed E-state index contributed by atoms with van der Waals surface area (Å²) in [6.07, 6.45) is 2.11. The van der Waals surface area contributed by atoms with Crippen LogP contribution in [-0.2, 0) is 13.0 Å². The van der Waals surface area contributed by atoms with Gasteiger partial charge in [-0.3, -0.25) is 9.88 Å². The molecule has 0 amide bonds. The molecule has 1 aromatic heterocycles. The fourth-order valence-corrected chi connectivity index (χ4v) is 4.02. The van der Waals surface area contributed by atoms with E-state index in [2.05, 4.69) is 9.88 Å². The first-order valence-electron chi connectivity index (χ1n) is 8.42. The van der Waals surface area contributed by atoms with E-state index in [9.17, 15) is 5.11 Å². The minimum atomic E-state index is -0.408. The third-order valence-corrected chi connectivity index (χ3v) is 5.46. The summed E-state index contributed by atoms with van der Waals surface area (Å²) < 4.78 is 10.6. The first kappa shape index (κ1) is 19.2. The highest BCUT2D eigenvalue weighted by atomic mass is 35.5. The summed E-state index contributed by atoms with van der Waals surface area (Å²) in [4.78, 5) is 6.50. The van der Waals surface area contributed by atoms with Crippen molar-refractivity contribution < 1.29 is 14.6 Å². The van der Waals surface area contributed by atoms with Crippen molar-refractivity contribution in [3.8, 4) is 11.5 Å². The number of pyridine rings is 1. The molecule has 1 saturated heterocycles. The third kappa shape index (κ3) is 4.07. The molecule has 26 heavy (non-hydrogen) atoms. The zero-order valence-electron chi connectivity index (χ0n) is 14.8. The summed E-state index contributed by atoms with van der Waals surface area (Å²) in [5.74, 6) is 1.10. The van der Waals surface area contributed by atoms with Crippen molar-refractivity contribution in [2.45, 2.75) is 19.1 Å². The Kier molecular flexibility index (Phi) is 6.24. The van der Waals surface area contributed by atoms with Gasteiger partial charge in [0.15, 0.2) is 11.5 Å². The predicted molar refractivity (Wildman–Crippen MR) is 102 cm³/mol. The standard InChI is InChI=1S/C19H22Cl2N2O3/c1-25-17-8-15(20)14(18(21)19(17)26-2)10-23-9-12(16(24)11-23)7-13-5-3-4-6-22-13/h3-6,8,12,16,24H,7,9-11H2,1-2H3/t12-,16-/m1/s1. The Morgan fingerprint density at radius 3 is 2.69 bits per heavy atom. The summed E-state index contributed by atoms with van der Waals surface area (Å²) in [5.41, 5.74) is 1.76. The van der Waals surface area contributed by atoms with Crippen molar-refractivity contribution in [1.29, 1.82) is 0 Å². The van der Waals surface area contributed by atoms with E-state index < -0.39 is 6.10 Å². The van der Waals surface area contributed by atoms with E-state index in [0.29, 0.717) is 34.6 Å². The molecule has 140 valence electrons. The predicted octanol–water partition coefficient (Wildman–Crippen LogP) is 3.44. The molecule has 3 rings (SSSR count). The van der Waals surface area contributed by atoms with Crippen LogP contribution in [-0.4, -0.2) is 48.4 Å². The van der Waals surface area contributed by atoms with E-state index in [-0.39, 0.29) is 5.92 Å². The number of aliphatic hydroxyl groups excluding tert-OH is 1. The normalized spacial score (nSPS) is 20.3. The van der Waals surface area contributed by atoms with E-state index in [1.165, 1.54) is 0 Å². The minimum Gasteiger partial charge on any atom is -0.493 e. The highest BCUT2D eigenvalue weighted by Gasteiger charge is 2.32. The summed E-state index contributed by atoms with van der Waals surface area (Å²) >= 11 is 12.9. The lowest BCUT2D eigenvalue weighted by atomic mass is 10.00. The number of nitrogens with zero attached hydrogens (tertiary/aromatic N) is 2. The van der Waals surface area contributed by atoms with E-state index in [1.807, 2.05) is 18.2 Å². The fourth-order valence-electron chi connectivity index (χ4n) is 3.39. The maximum Gasteiger partial charge on any atom is 0.179 e. The molecular weight excluding hydrogens is 375 g/mol. The Morgan fingerprint density at radius 2 is 2.04 bits per heavy atom. The van der Waals surface area contributed by atoms with Gasteiger partial charge in [0.05, 0.1) is 30.4 Å². The van der Waals surface area contributed by atoms with Gasteiger partial charge in [0, 0.05) is 49.1 Å². The Morgan fingerprint density at radius 1 is 1.23 bits per heavy atom. The smallest absolute Gasteiger partial charge is 0.179 e. The van der Waals surface area contributed by atoms with Crippen molar-refractivity contribution in [1.82, 2.24) is 9.88 Å². The topological polar surface area (TPSA) is 54.8 Å². The number of β-amino-alcohol motifs (C(OH)–C–C–N with tert-alkyl or cyclic N) is 1. The number of halogens is 2. The van der Waals surface area contributed by atoms with Gasteiger partial charge in [-0.05, 0) is 18.6 Å². The van der Waals surface area contributed by atoms with Crippen LogP contribution >= 0.6 is 23.2 Å². The van der Waals surface area contributed by atoms with Gasteiger partial charge in [-0.15, -0.1) is 0 Å². The molecule has 1 aliphatic rings. The fraction of sp³-hybridized carbons (Fsp3) is 0.421. The lowest BCUT2D eigenvalue weighted by Gasteiger charge is -2.20. The van der Waals surface area contributed by atoms with Gasteiger partial charge < -0.3 is 14.6 Å². The zero-order valence-corrected chi connectivity index (χ0v) is 16.3. The number of likely N-dealkylation sites (tertiary alicyclic amines) is 1. The van der Waals surface area contributed by atoms with Gasteiger partial charge in [0.1, 0.15) is 0 Å². The second-order valence-electron chi connectivity index (χ2n) is 6.43. The highest BCUT2D eigenvalue weighted by molar-refractivity contribution is 6.37. The van der Waals surface area contributed by atoms with Gasteiger partial charge in [-0.1, -0.05) is 29.3 Å². The molecule has 0 aliphatic carbocycles. The Labute approximate surface area is 163 Å². The van der Waals surface area contributed by atoms with Gasteiger partial charge in [-0.2, -0.15) is 0 Å². The third-order valence-electron chi connectivity index (χ3n) is 4.72. The molecule has 0 radical (unpaired) electrons. The number of methoxy groups -OCH3 is 2. The second-order valence-corrected chi connectivity index (χ2v) is 7.22. The minimum absolute atomic E-state index is 0.127. The Bertz CT molecular complexity index is 758. The SMILES string of the molecule is COc1cc(Cl)c(CN2C[C@@H](Cc3ccccn3)[C@H](O)C2)c(Cl)c1OC. The van der Waals surface area contributed by atoms with E-state index in [0.717, 1.165) is 24.2 Å². The van der Waals surface area contributed by atoms with Crippen molar-refractivity contribution in [3.05, 3.63) is 51.8 Å². The molecule has 0 unspecified atom stereocenters. The molecule has 0 saturated carbocycles. The number of aliphatic hydroxyl groups is 1. The van der Waals surface area contributed by atoms with Crippen LogP contribution in [0.25, 0.3) is 0 Å². The summed E-state index contributed by atoms with van der Waals surface area (Å²) in [6, 6.07) is 7.55. The summed E-state index contributed by atoms with van der Waals surface area (Å²) in [5, 5.41) is 11.4. The van der Waals surface area contributed by atoms with Crippen LogP contribution in [0.2, 0.25) is 10.0 Å². The lowest BCUT2D eigenvalue weighted by Crippen LogP contribution is -2.22. The molecule has 1 N–H and O–H groups in total. The van der Waals surface area contributed by atoms with E-state index in [1.54, 1.807) is 26.5 Å². The number of aromatic nitrogens is 1. The van der Waals surface area contributed by atoms with E-state index in [4.69, 9.17) is 32.7 Å². The number of benzene rings is 1. The molecular formula is C19H22Cl2N2O3. The van der Waals surface area contributed by atoms with Crippen LogP contribution in [0, 0.1) is 5.92 Å². The lowest BCUT2D eigenvalue weighted by molar-refractivity contribution is 0.140. The van der Waals surface area contributed by atoms with Crippen molar-refractivity contribution in [2.24, 2.45) is 5.92 Å². The molecule has 0 spiro atoms. The van der Waals surface area contributed by atoms with Gasteiger partial charge >= 0.3 is 0 Å². The summed E-state index contributed by atoms with van der Waals surface area (Å²) in [6.45, 7) is 1.85. The van der Waals surface area contributed by atoms with Crippen LogP contribution in [0.4, 0.5) is 0 Å². The quantitative estimate of drug-likeness (QED) is 0.810. The average Bonchev–Trinajstić information content (AvgIpc) is 2.98. The van der Waals surface area contributed by atoms with Crippen LogP contribution in [0.3, 0.4) is 0 Å². The first-order valence-corrected chi connectivity index (χ1v) is 9.18. The number of rotatable bonds is 6. The van der Waals surface area contributed by atoms with Gasteiger partial charge in [0.2, 0.25) is 0 Å². The van der Waals surface area contributed by atoms with Crippen LogP contribution in [0.1, 0.15) is 11.3 Å². The van der Waals surface area contributed by atoms with Crippen LogP contribution in [0.5, 0.6) is 11.5 Å². The monoisotopic (exact) mass is 396 g/mol. The molecule has 0 bridgehead atoms.